The van der Waals surface area contributed by atoms with Crippen LogP contribution in [-0.2, 0) is 17.6 Å². The van der Waals surface area contributed by atoms with Crippen LogP contribution in [0.2, 0.25) is 5.02 Å². The summed E-state index contributed by atoms with van der Waals surface area (Å²) in [5, 5.41) is 9.68. The number of rotatable bonds is 3. The van der Waals surface area contributed by atoms with Crippen molar-refractivity contribution in [2.45, 2.75) is 32.1 Å². The Hall–Kier alpha value is -1.22. The Morgan fingerprint density at radius 1 is 1.53 bits per heavy atom. The number of aryl methyl sites for hydroxylation is 1. The normalized spacial score (nSPS) is 15.5. The van der Waals surface area contributed by atoms with Crippen LogP contribution in [0.25, 0.3) is 0 Å². The highest BCUT2D eigenvalue weighted by Gasteiger charge is 2.26. The number of methoxy groups -OCH3 is 1. The highest BCUT2D eigenvalue weighted by molar-refractivity contribution is 6.33. The lowest BCUT2D eigenvalue weighted by Gasteiger charge is -2.16. The smallest absolute Gasteiger partial charge is 0.310 e. The van der Waals surface area contributed by atoms with E-state index in [2.05, 4.69) is 0 Å². The van der Waals surface area contributed by atoms with Crippen LogP contribution in [-0.4, -0.2) is 18.2 Å². The van der Waals surface area contributed by atoms with Gasteiger partial charge in [0.25, 0.3) is 0 Å². The molecule has 0 fully saturated rings. The number of carboxylic acid groups (broad SMARTS) is 1. The van der Waals surface area contributed by atoms with Crippen LogP contribution >= 0.6 is 11.6 Å². The maximum atomic E-state index is 11.1. The highest BCUT2D eigenvalue weighted by Crippen LogP contribution is 2.41. The minimum Gasteiger partial charge on any atom is -0.495 e. The molecular formula is C13H15ClO3. The number of benzene rings is 1. The molecule has 0 saturated heterocycles. The second kappa shape index (κ2) is 4.57. The largest absolute Gasteiger partial charge is 0.495 e. The van der Waals surface area contributed by atoms with Crippen molar-refractivity contribution in [1.82, 2.24) is 0 Å². The fraction of sp³-hybridized carbons (Fsp3) is 0.462. The van der Waals surface area contributed by atoms with E-state index >= 15 is 0 Å². The number of hydrogen-bond acceptors (Lipinski definition) is 2. The van der Waals surface area contributed by atoms with Crippen LogP contribution in [0.3, 0.4) is 0 Å². The lowest BCUT2D eigenvalue weighted by molar-refractivity contribution is -0.138. The summed E-state index contributed by atoms with van der Waals surface area (Å²) in [6, 6.07) is 1.94. The molecule has 4 heteroatoms. The summed E-state index contributed by atoms with van der Waals surface area (Å²) < 4.78 is 5.28. The molecule has 0 amide bonds. The predicted molar refractivity (Wildman–Crippen MR) is 66.1 cm³/mol. The SMILES string of the molecule is COc1c(C(C)C(=O)O)cc2c(c1Cl)CCC2. The van der Waals surface area contributed by atoms with E-state index in [0.717, 1.165) is 24.8 Å². The molecule has 3 nitrogen and oxygen atoms in total. The average molecular weight is 255 g/mol. The number of hydrogen-bond donors (Lipinski definition) is 1. The van der Waals surface area contributed by atoms with Crippen molar-refractivity contribution in [1.29, 1.82) is 0 Å². The van der Waals surface area contributed by atoms with Gasteiger partial charge in [-0.3, -0.25) is 4.79 Å². The monoisotopic (exact) mass is 254 g/mol. The second-order valence-electron chi connectivity index (χ2n) is 4.36. The third kappa shape index (κ3) is 2.00. The van der Waals surface area contributed by atoms with Gasteiger partial charge in [-0.05, 0) is 37.3 Å². The standard InChI is InChI=1S/C13H15ClO3/c1-7(13(15)16)10-6-8-4-3-5-9(8)11(14)12(10)17-2/h6-7H,3-5H2,1-2H3,(H,15,16). The molecule has 0 heterocycles. The van der Waals surface area contributed by atoms with Gasteiger partial charge in [0.15, 0.2) is 0 Å². The number of fused-ring (bicyclic) bond motifs is 1. The van der Waals surface area contributed by atoms with Crippen molar-refractivity contribution in [3.8, 4) is 5.75 Å². The molecule has 0 saturated carbocycles. The maximum absolute atomic E-state index is 11.1. The Morgan fingerprint density at radius 2 is 2.24 bits per heavy atom. The fourth-order valence-electron chi connectivity index (χ4n) is 2.36. The van der Waals surface area contributed by atoms with Gasteiger partial charge >= 0.3 is 5.97 Å². The lowest BCUT2D eigenvalue weighted by atomic mass is 9.96. The molecule has 1 aromatic carbocycles. The molecule has 1 aromatic rings. The van der Waals surface area contributed by atoms with E-state index in [0.29, 0.717) is 16.3 Å². The summed E-state index contributed by atoms with van der Waals surface area (Å²) >= 11 is 6.29. The highest BCUT2D eigenvalue weighted by atomic mass is 35.5. The van der Waals surface area contributed by atoms with Crippen LogP contribution in [0.5, 0.6) is 5.75 Å². The Labute approximate surface area is 105 Å². The Morgan fingerprint density at radius 3 is 2.82 bits per heavy atom. The van der Waals surface area contributed by atoms with Gasteiger partial charge in [0.1, 0.15) is 5.75 Å². The van der Waals surface area contributed by atoms with Gasteiger partial charge in [-0.1, -0.05) is 17.7 Å². The molecule has 0 aromatic heterocycles. The van der Waals surface area contributed by atoms with Crippen LogP contribution < -0.4 is 4.74 Å². The zero-order chi connectivity index (χ0) is 12.6. The summed E-state index contributed by atoms with van der Waals surface area (Å²) in [5.41, 5.74) is 2.95. The molecule has 1 N–H and O–H groups in total. The molecule has 1 unspecified atom stereocenters. The minimum absolute atomic E-state index is 0.516. The fourth-order valence-corrected chi connectivity index (χ4v) is 2.76. The molecule has 0 spiro atoms. The van der Waals surface area contributed by atoms with Gasteiger partial charge in [0, 0.05) is 5.56 Å². The van der Waals surface area contributed by atoms with Crippen molar-refractivity contribution in [2.75, 3.05) is 7.11 Å². The molecule has 1 aliphatic rings. The Bertz CT molecular complexity index is 468. The third-order valence-corrected chi connectivity index (χ3v) is 3.76. The van der Waals surface area contributed by atoms with Gasteiger partial charge in [0.2, 0.25) is 0 Å². The number of ether oxygens (including phenoxy) is 1. The first-order valence-electron chi connectivity index (χ1n) is 5.67. The molecule has 2 rings (SSSR count). The topological polar surface area (TPSA) is 46.5 Å². The summed E-state index contributed by atoms with van der Waals surface area (Å²) in [4.78, 5) is 11.1. The van der Waals surface area contributed by atoms with Gasteiger partial charge in [-0.25, -0.2) is 0 Å². The van der Waals surface area contributed by atoms with Crippen molar-refractivity contribution in [3.05, 3.63) is 27.8 Å². The van der Waals surface area contributed by atoms with Crippen LogP contribution in [0.15, 0.2) is 6.07 Å². The molecule has 0 aliphatic heterocycles. The van der Waals surface area contributed by atoms with Crippen molar-refractivity contribution < 1.29 is 14.6 Å². The first-order chi connectivity index (χ1) is 8.06. The molecule has 92 valence electrons. The van der Waals surface area contributed by atoms with E-state index in [-0.39, 0.29) is 0 Å². The second-order valence-corrected chi connectivity index (χ2v) is 4.74. The van der Waals surface area contributed by atoms with Crippen LogP contribution in [0, 0.1) is 0 Å². The first kappa shape index (κ1) is 12.2. The van der Waals surface area contributed by atoms with E-state index in [1.807, 2.05) is 6.07 Å². The van der Waals surface area contributed by atoms with E-state index in [1.54, 1.807) is 6.92 Å². The third-order valence-electron chi connectivity index (χ3n) is 3.36. The van der Waals surface area contributed by atoms with Crippen molar-refractivity contribution in [2.24, 2.45) is 0 Å². The molecular weight excluding hydrogens is 240 g/mol. The molecule has 17 heavy (non-hydrogen) atoms. The summed E-state index contributed by atoms with van der Waals surface area (Å²) in [5.74, 6) is -0.951. The van der Waals surface area contributed by atoms with Crippen LogP contribution in [0.4, 0.5) is 0 Å². The summed E-state index contributed by atoms with van der Waals surface area (Å²) in [7, 11) is 1.53. The summed E-state index contributed by atoms with van der Waals surface area (Å²) in [6.45, 7) is 1.65. The molecule has 0 radical (unpaired) electrons. The number of aliphatic carboxylic acids is 1. The molecule has 1 atom stereocenters. The van der Waals surface area contributed by atoms with E-state index in [1.165, 1.54) is 12.7 Å². The van der Waals surface area contributed by atoms with Gasteiger partial charge in [0.05, 0.1) is 18.1 Å². The van der Waals surface area contributed by atoms with Crippen molar-refractivity contribution in [3.63, 3.8) is 0 Å². The van der Waals surface area contributed by atoms with Crippen molar-refractivity contribution >= 4 is 17.6 Å². The molecule has 0 bridgehead atoms. The first-order valence-corrected chi connectivity index (χ1v) is 6.05. The Balaban J connectivity index is 2.59. The Kier molecular flexibility index (Phi) is 3.29. The quantitative estimate of drug-likeness (QED) is 0.902. The minimum atomic E-state index is -0.864. The van der Waals surface area contributed by atoms with Gasteiger partial charge < -0.3 is 9.84 Å². The molecule has 1 aliphatic carbocycles. The average Bonchev–Trinajstić information content (AvgIpc) is 2.76. The zero-order valence-electron chi connectivity index (χ0n) is 9.92. The van der Waals surface area contributed by atoms with E-state index in [4.69, 9.17) is 21.4 Å². The van der Waals surface area contributed by atoms with E-state index < -0.39 is 11.9 Å². The number of carboxylic acids is 1. The zero-order valence-corrected chi connectivity index (χ0v) is 10.7. The van der Waals surface area contributed by atoms with E-state index in [9.17, 15) is 4.79 Å². The van der Waals surface area contributed by atoms with Crippen LogP contribution in [0.1, 0.15) is 36.0 Å². The number of carbonyl (C=O) groups is 1. The van der Waals surface area contributed by atoms with Gasteiger partial charge in [-0.15, -0.1) is 0 Å². The predicted octanol–water partition coefficient (Wildman–Crippen LogP) is 3.03. The number of halogens is 1. The maximum Gasteiger partial charge on any atom is 0.310 e. The lowest BCUT2D eigenvalue weighted by Crippen LogP contribution is -2.10. The van der Waals surface area contributed by atoms with Gasteiger partial charge in [-0.2, -0.15) is 0 Å². The summed E-state index contributed by atoms with van der Waals surface area (Å²) in [6.07, 6.45) is 2.99.